The fraction of sp³-hybridized carbons (Fsp3) is 0.900. The number of hydrogen-bond donors (Lipinski definition) is 1. The summed E-state index contributed by atoms with van der Waals surface area (Å²) in [6.45, 7) is 13.2. The standard InChI is InChI=1S/C10H21N3S2/c1-5-12(6-2)9-11-10(15-14-9)13(7-3)8-4/h9H,5-8H2,1-4H3/p+1. The van der Waals surface area contributed by atoms with Crippen LogP contribution in [0, 0.1) is 0 Å². The van der Waals surface area contributed by atoms with Crippen LogP contribution in [0.25, 0.3) is 0 Å². The number of nitrogens with zero attached hydrogens (tertiary/aromatic N) is 2. The number of nitrogens with one attached hydrogen (secondary N) is 1. The van der Waals surface area contributed by atoms with E-state index in [-0.39, 0.29) is 0 Å². The van der Waals surface area contributed by atoms with Crippen LogP contribution in [0.1, 0.15) is 27.7 Å². The molecular weight excluding hydrogens is 226 g/mol. The van der Waals surface area contributed by atoms with Gasteiger partial charge in [-0.15, -0.1) is 0 Å². The van der Waals surface area contributed by atoms with E-state index in [1.165, 1.54) is 5.17 Å². The first kappa shape index (κ1) is 13.2. The first-order valence-electron chi connectivity index (χ1n) is 5.72. The lowest BCUT2D eigenvalue weighted by Crippen LogP contribution is -2.43. The summed E-state index contributed by atoms with van der Waals surface area (Å²) in [7, 11) is 3.79. The van der Waals surface area contributed by atoms with E-state index in [2.05, 4.69) is 42.5 Å². The highest BCUT2D eigenvalue weighted by atomic mass is 33.1. The van der Waals surface area contributed by atoms with Crippen LogP contribution in [-0.2, 0) is 0 Å². The van der Waals surface area contributed by atoms with Crippen molar-refractivity contribution in [2.75, 3.05) is 26.2 Å². The normalized spacial score (nSPS) is 20.9. The first-order chi connectivity index (χ1) is 7.26. The van der Waals surface area contributed by atoms with Crippen molar-refractivity contribution in [3.05, 3.63) is 0 Å². The van der Waals surface area contributed by atoms with Crippen molar-refractivity contribution in [2.45, 2.75) is 33.2 Å². The Morgan fingerprint density at radius 2 is 1.80 bits per heavy atom. The molecule has 0 aliphatic carbocycles. The second kappa shape index (κ2) is 6.66. The molecule has 0 spiro atoms. The Labute approximate surface area is 101 Å². The maximum atomic E-state index is 3.59. The third kappa shape index (κ3) is 3.29. The lowest BCUT2D eigenvalue weighted by Gasteiger charge is -2.20. The molecular formula is C10H22N3S2+. The minimum atomic E-state index is 0.445. The molecule has 0 bridgehead atoms. The van der Waals surface area contributed by atoms with Gasteiger partial charge in [0.05, 0.1) is 13.1 Å². The maximum absolute atomic E-state index is 3.59. The number of amidine groups is 1. The number of rotatable bonds is 5. The molecule has 1 unspecified atom stereocenters. The SMILES string of the molecule is CCN(CC)C1NC(=[N+](CC)CC)SS1. The van der Waals surface area contributed by atoms with Crippen molar-refractivity contribution in [1.29, 1.82) is 0 Å². The summed E-state index contributed by atoms with van der Waals surface area (Å²) in [6.07, 6.45) is 0. The minimum absolute atomic E-state index is 0.445. The largest absolute Gasteiger partial charge is 0.319 e. The van der Waals surface area contributed by atoms with Crippen LogP contribution in [0.15, 0.2) is 0 Å². The Morgan fingerprint density at radius 1 is 1.20 bits per heavy atom. The Bertz CT molecular complexity index is 221. The zero-order chi connectivity index (χ0) is 11.3. The lowest BCUT2D eigenvalue weighted by atomic mass is 10.5. The molecule has 1 heterocycles. The van der Waals surface area contributed by atoms with Crippen LogP contribution in [-0.4, -0.2) is 46.3 Å². The smallest absolute Gasteiger partial charge is 0.256 e. The molecule has 0 saturated carbocycles. The molecule has 0 radical (unpaired) electrons. The van der Waals surface area contributed by atoms with Crippen molar-refractivity contribution in [3.8, 4) is 0 Å². The summed E-state index contributed by atoms with van der Waals surface area (Å²) >= 11 is 0. The van der Waals surface area contributed by atoms with Crippen molar-refractivity contribution in [2.24, 2.45) is 0 Å². The predicted molar refractivity (Wildman–Crippen MR) is 71.4 cm³/mol. The van der Waals surface area contributed by atoms with Crippen molar-refractivity contribution in [3.63, 3.8) is 0 Å². The quantitative estimate of drug-likeness (QED) is 0.592. The Hall–Kier alpha value is 0.130. The van der Waals surface area contributed by atoms with Gasteiger partial charge in [-0.25, -0.2) is 5.32 Å². The lowest BCUT2D eigenvalue weighted by molar-refractivity contribution is -0.519. The molecule has 1 atom stereocenters. The summed E-state index contributed by atoms with van der Waals surface area (Å²) in [5, 5.41) is 4.91. The van der Waals surface area contributed by atoms with Gasteiger partial charge in [0, 0.05) is 23.9 Å². The summed E-state index contributed by atoms with van der Waals surface area (Å²) in [5.41, 5.74) is 0.445. The van der Waals surface area contributed by atoms with Crippen molar-refractivity contribution >= 4 is 26.8 Å². The van der Waals surface area contributed by atoms with Gasteiger partial charge in [-0.2, -0.15) is 0 Å². The van der Waals surface area contributed by atoms with Gasteiger partial charge >= 0.3 is 5.17 Å². The van der Waals surface area contributed by atoms with Crippen LogP contribution in [0.3, 0.4) is 0 Å². The topological polar surface area (TPSA) is 18.3 Å². The highest BCUT2D eigenvalue weighted by Crippen LogP contribution is 2.34. The highest BCUT2D eigenvalue weighted by Gasteiger charge is 2.32. The molecule has 1 fully saturated rings. The second-order valence-electron chi connectivity index (χ2n) is 3.37. The molecule has 1 aliphatic heterocycles. The average molecular weight is 248 g/mol. The molecule has 3 nitrogen and oxygen atoms in total. The maximum Gasteiger partial charge on any atom is 0.319 e. The van der Waals surface area contributed by atoms with Gasteiger partial charge in [-0.05, 0) is 24.6 Å². The van der Waals surface area contributed by atoms with E-state index < -0.39 is 0 Å². The van der Waals surface area contributed by atoms with Crippen LogP contribution in [0.2, 0.25) is 0 Å². The first-order valence-corrected chi connectivity index (χ1v) is 7.93. The monoisotopic (exact) mass is 248 g/mol. The van der Waals surface area contributed by atoms with Crippen molar-refractivity contribution in [1.82, 2.24) is 10.2 Å². The van der Waals surface area contributed by atoms with Crippen LogP contribution in [0.5, 0.6) is 0 Å². The van der Waals surface area contributed by atoms with E-state index >= 15 is 0 Å². The molecule has 15 heavy (non-hydrogen) atoms. The van der Waals surface area contributed by atoms with E-state index in [0.717, 1.165) is 26.2 Å². The van der Waals surface area contributed by atoms with Crippen LogP contribution < -0.4 is 5.32 Å². The van der Waals surface area contributed by atoms with Crippen LogP contribution >= 0.6 is 21.6 Å². The third-order valence-electron chi connectivity index (χ3n) is 2.66. The molecule has 1 N–H and O–H groups in total. The molecule has 1 rings (SSSR count). The zero-order valence-corrected chi connectivity index (χ0v) is 11.7. The summed E-state index contributed by atoms with van der Waals surface area (Å²) in [4.78, 5) is 2.44. The van der Waals surface area contributed by atoms with Crippen LogP contribution in [0.4, 0.5) is 0 Å². The Kier molecular flexibility index (Phi) is 5.86. The molecule has 0 aromatic carbocycles. The van der Waals surface area contributed by atoms with Gasteiger partial charge in [-0.3, -0.25) is 9.48 Å². The van der Waals surface area contributed by atoms with Gasteiger partial charge in [0.1, 0.15) is 0 Å². The fourth-order valence-corrected chi connectivity index (χ4v) is 4.48. The Balaban J connectivity index is 2.61. The van der Waals surface area contributed by atoms with E-state index in [0.29, 0.717) is 5.50 Å². The van der Waals surface area contributed by atoms with Gasteiger partial charge in [0.2, 0.25) is 5.50 Å². The third-order valence-corrected chi connectivity index (χ3v) is 5.20. The molecule has 5 heteroatoms. The fourth-order valence-electron chi connectivity index (χ4n) is 1.61. The second-order valence-corrected chi connectivity index (χ2v) is 5.64. The molecule has 0 amide bonds. The minimum Gasteiger partial charge on any atom is -0.256 e. The predicted octanol–water partition coefficient (Wildman–Crippen LogP) is 2.00. The van der Waals surface area contributed by atoms with E-state index in [1.54, 1.807) is 0 Å². The summed E-state index contributed by atoms with van der Waals surface area (Å²) in [5.74, 6) is 0. The molecule has 1 saturated heterocycles. The van der Waals surface area contributed by atoms with Crippen molar-refractivity contribution < 1.29 is 4.58 Å². The zero-order valence-electron chi connectivity index (χ0n) is 10.1. The molecule has 0 aromatic rings. The van der Waals surface area contributed by atoms with Gasteiger partial charge < -0.3 is 0 Å². The molecule has 1 aliphatic rings. The Morgan fingerprint density at radius 3 is 2.27 bits per heavy atom. The van der Waals surface area contributed by atoms with Gasteiger partial charge in [0.15, 0.2) is 0 Å². The molecule has 0 aromatic heterocycles. The number of hydrogen-bond acceptors (Lipinski definition) is 3. The highest BCUT2D eigenvalue weighted by molar-refractivity contribution is 8.83. The van der Waals surface area contributed by atoms with E-state index in [9.17, 15) is 0 Å². The average Bonchev–Trinajstić information content (AvgIpc) is 2.71. The van der Waals surface area contributed by atoms with E-state index in [1.807, 2.05) is 21.6 Å². The van der Waals surface area contributed by atoms with Gasteiger partial charge in [-0.1, -0.05) is 13.8 Å². The molecule has 88 valence electrons. The van der Waals surface area contributed by atoms with Gasteiger partial charge in [0.25, 0.3) is 0 Å². The van der Waals surface area contributed by atoms with E-state index in [4.69, 9.17) is 0 Å². The summed E-state index contributed by atoms with van der Waals surface area (Å²) < 4.78 is 2.38. The summed E-state index contributed by atoms with van der Waals surface area (Å²) in [6, 6.07) is 0.